The van der Waals surface area contributed by atoms with Crippen LogP contribution in [0, 0.1) is 5.92 Å². The SMILES string of the molecule is CS(=O)(=O)c1ccc(C(CC2CCCC2)C(=O)Nc2ncc(Br)s2)cc1Cl. The Morgan fingerprint density at radius 3 is 2.67 bits per heavy atom. The Hall–Kier alpha value is -0.960. The predicted octanol–water partition coefficient (Wildman–Crippen LogP) is 5.27. The van der Waals surface area contributed by atoms with E-state index in [1.807, 2.05) is 0 Å². The number of nitrogens with one attached hydrogen (secondary N) is 1. The Kier molecular flexibility index (Phi) is 6.61. The quantitative estimate of drug-likeness (QED) is 0.597. The summed E-state index contributed by atoms with van der Waals surface area (Å²) in [6.45, 7) is 0. The highest BCUT2D eigenvalue weighted by Crippen LogP contribution is 2.37. The molecule has 1 unspecified atom stereocenters. The van der Waals surface area contributed by atoms with E-state index in [2.05, 4.69) is 26.2 Å². The lowest BCUT2D eigenvalue weighted by Crippen LogP contribution is -2.23. The molecule has 27 heavy (non-hydrogen) atoms. The third-order valence-corrected chi connectivity index (χ3v) is 7.80. The van der Waals surface area contributed by atoms with Gasteiger partial charge in [-0.2, -0.15) is 0 Å². The van der Waals surface area contributed by atoms with Crippen LogP contribution >= 0.6 is 38.9 Å². The van der Waals surface area contributed by atoms with Gasteiger partial charge in [0.15, 0.2) is 15.0 Å². The summed E-state index contributed by atoms with van der Waals surface area (Å²) in [5, 5.41) is 3.56. The number of nitrogens with zero attached hydrogens (tertiary/aromatic N) is 1. The highest BCUT2D eigenvalue weighted by Gasteiger charge is 2.28. The topological polar surface area (TPSA) is 76.1 Å². The van der Waals surface area contributed by atoms with Gasteiger partial charge in [0.2, 0.25) is 5.91 Å². The molecule has 1 aromatic heterocycles. The van der Waals surface area contributed by atoms with Crippen LogP contribution in [0.3, 0.4) is 0 Å². The fraction of sp³-hybridized carbons (Fsp3) is 0.444. The van der Waals surface area contributed by atoms with E-state index in [4.69, 9.17) is 11.6 Å². The minimum atomic E-state index is -3.41. The van der Waals surface area contributed by atoms with Gasteiger partial charge in [-0.3, -0.25) is 4.79 Å². The molecule has 0 bridgehead atoms. The number of hydrogen-bond donors (Lipinski definition) is 1. The van der Waals surface area contributed by atoms with E-state index in [1.165, 1.54) is 30.2 Å². The number of hydrogen-bond acceptors (Lipinski definition) is 5. The molecule has 5 nitrogen and oxygen atoms in total. The minimum absolute atomic E-state index is 0.0804. The normalized spacial score (nSPS) is 16.4. The standard InChI is InChI=1S/C18H20BrClN2O3S2/c1-27(24,25)15-7-6-12(9-14(15)20)13(8-11-4-2-3-5-11)17(23)22-18-21-10-16(19)26-18/h6-7,9-11,13H,2-5,8H2,1H3,(H,21,22,23). The molecule has 1 aliphatic carbocycles. The van der Waals surface area contributed by atoms with E-state index in [9.17, 15) is 13.2 Å². The van der Waals surface area contributed by atoms with Gasteiger partial charge in [-0.1, -0.05) is 54.7 Å². The fourth-order valence-corrected chi connectivity index (χ4v) is 5.96. The molecule has 0 spiro atoms. The number of anilines is 1. The number of benzene rings is 1. The summed E-state index contributed by atoms with van der Waals surface area (Å²) in [5.74, 6) is -0.0639. The van der Waals surface area contributed by atoms with Crippen LogP contribution < -0.4 is 5.32 Å². The van der Waals surface area contributed by atoms with Crippen LogP contribution in [0.4, 0.5) is 5.13 Å². The fourth-order valence-electron chi connectivity index (χ4n) is 3.51. The van der Waals surface area contributed by atoms with Crippen molar-refractivity contribution in [3.8, 4) is 0 Å². The van der Waals surface area contributed by atoms with Crippen molar-refractivity contribution in [1.82, 2.24) is 4.98 Å². The van der Waals surface area contributed by atoms with Gasteiger partial charge < -0.3 is 5.32 Å². The molecule has 9 heteroatoms. The summed E-state index contributed by atoms with van der Waals surface area (Å²) in [5.41, 5.74) is 0.729. The molecule has 146 valence electrons. The molecule has 0 aliphatic heterocycles. The Labute approximate surface area is 176 Å². The van der Waals surface area contributed by atoms with Crippen molar-refractivity contribution in [2.75, 3.05) is 11.6 Å². The van der Waals surface area contributed by atoms with Crippen LogP contribution in [0.15, 0.2) is 33.1 Å². The maximum absolute atomic E-state index is 13.0. The van der Waals surface area contributed by atoms with Crippen LogP contribution in [-0.2, 0) is 14.6 Å². The molecule has 0 saturated heterocycles. The molecular formula is C18H20BrClN2O3S2. The Morgan fingerprint density at radius 1 is 1.41 bits per heavy atom. The third kappa shape index (κ3) is 5.31. The molecule has 1 atom stereocenters. The van der Waals surface area contributed by atoms with Gasteiger partial charge in [-0.25, -0.2) is 13.4 Å². The summed E-state index contributed by atoms with van der Waals surface area (Å²) in [7, 11) is -3.41. The van der Waals surface area contributed by atoms with E-state index in [0.29, 0.717) is 17.5 Å². The Bertz CT molecular complexity index is 940. The summed E-state index contributed by atoms with van der Waals surface area (Å²) < 4.78 is 24.5. The van der Waals surface area contributed by atoms with Crippen molar-refractivity contribution in [2.45, 2.75) is 42.9 Å². The first kappa shape index (κ1) is 20.8. The molecule has 3 rings (SSSR count). The molecule has 1 aliphatic rings. The molecule has 1 heterocycles. The summed E-state index contributed by atoms with van der Waals surface area (Å²) >= 11 is 10.9. The van der Waals surface area contributed by atoms with Crippen LogP contribution in [0.5, 0.6) is 0 Å². The summed E-state index contributed by atoms with van der Waals surface area (Å²) in [6, 6.07) is 4.79. The Morgan fingerprint density at radius 2 is 2.11 bits per heavy atom. The number of rotatable bonds is 6. The van der Waals surface area contributed by atoms with E-state index in [-0.39, 0.29) is 15.8 Å². The second-order valence-electron chi connectivity index (χ2n) is 6.86. The molecule has 1 amide bonds. The van der Waals surface area contributed by atoms with Gasteiger partial charge in [-0.05, 0) is 46.0 Å². The number of thiazole rings is 1. The average molecular weight is 492 g/mol. The lowest BCUT2D eigenvalue weighted by molar-refractivity contribution is -0.118. The van der Waals surface area contributed by atoms with Crippen molar-refractivity contribution < 1.29 is 13.2 Å². The number of halogens is 2. The second-order valence-corrected chi connectivity index (χ2v) is 11.7. The van der Waals surface area contributed by atoms with Crippen molar-refractivity contribution in [3.63, 3.8) is 0 Å². The molecule has 1 N–H and O–H groups in total. The molecule has 1 saturated carbocycles. The second kappa shape index (κ2) is 8.59. The van der Waals surface area contributed by atoms with Crippen LogP contribution in [0.25, 0.3) is 0 Å². The maximum atomic E-state index is 13.0. The van der Waals surface area contributed by atoms with Gasteiger partial charge in [0.05, 0.1) is 25.8 Å². The molecule has 2 aromatic rings. The van der Waals surface area contributed by atoms with E-state index in [1.54, 1.807) is 18.3 Å². The first-order valence-corrected chi connectivity index (χ1v) is 12.5. The first-order valence-electron chi connectivity index (χ1n) is 8.65. The number of sulfone groups is 1. The predicted molar refractivity (Wildman–Crippen MR) is 112 cm³/mol. The molecule has 1 aromatic carbocycles. The summed E-state index contributed by atoms with van der Waals surface area (Å²) in [6.07, 6.45) is 8.08. The number of aromatic nitrogens is 1. The van der Waals surface area contributed by atoms with Gasteiger partial charge in [0.25, 0.3) is 0 Å². The first-order chi connectivity index (χ1) is 12.7. The Balaban J connectivity index is 1.89. The largest absolute Gasteiger partial charge is 0.301 e. The maximum Gasteiger partial charge on any atom is 0.233 e. The van der Waals surface area contributed by atoms with Gasteiger partial charge in [0, 0.05) is 6.26 Å². The lowest BCUT2D eigenvalue weighted by Gasteiger charge is -2.20. The van der Waals surface area contributed by atoms with Gasteiger partial charge in [-0.15, -0.1) is 0 Å². The van der Waals surface area contributed by atoms with E-state index in [0.717, 1.165) is 28.4 Å². The van der Waals surface area contributed by atoms with Gasteiger partial charge in [0.1, 0.15) is 0 Å². The van der Waals surface area contributed by atoms with Crippen LogP contribution in [0.2, 0.25) is 5.02 Å². The summed E-state index contributed by atoms with van der Waals surface area (Å²) in [4.78, 5) is 17.2. The van der Waals surface area contributed by atoms with Gasteiger partial charge >= 0.3 is 0 Å². The number of carbonyl (C=O) groups excluding carboxylic acids is 1. The van der Waals surface area contributed by atoms with E-state index >= 15 is 0 Å². The van der Waals surface area contributed by atoms with Crippen molar-refractivity contribution >= 4 is 59.7 Å². The lowest BCUT2D eigenvalue weighted by atomic mass is 9.87. The number of amides is 1. The smallest absolute Gasteiger partial charge is 0.233 e. The van der Waals surface area contributed by atoms with Crippen molar-refractivity contribution in [2.24, 2.45) is 5.92 Å². The third-order valence-electron chi connectivity index (χ3n) is 4.83. The zero-order valence-electron chi connectivity index (χ0n) is 14.7. The monoisotopic (exact) mass is 490 g/mol. The molecule has 1 fully saturated rings. The number of carbonyl (C=O) groups is 1. The van der Waals surface area contributed by atoms with Crippen molar-refractivity contribution in [3.05, 3.63) is 38.8 Å². The highest BCUT2D eigenvalue weighted by molar-refractivity contribution is 9.11. The zero-order valence-corrected chi connectivity index (χ0v) is 18.7. The van der Waals surface area contributed by atoms with Crippen LogP contribution in [0.1, 0.15) is 43.6 Å². The molecule has 0 radical (unpaired) electrons. The highest BCUT2D eigenvalue weighted by atomic mass is 79.9. The van der Waals surface area contributed by atoms with Crippen molar-refractivity contribution in [1.29, 1.82) is 0 Å². The zero-order chi connectivity index (χ0) is 19.6. The molecular weight excluding hydrogens is 472 g/mol. The van der Waals surface area contributed by atoms with Crippen LogP contribution in [-0.4, -0.2) is 25.6 Å². The average Bonchev–Trinajstić information content (AvgIpc) is 3.23. The van der Waals surface area contributed by atoms with E-state index < -0.39 is 15.8 Å². The minimum Gasteiger partial charge on any atom is -0.301 e.